The summed E-state index contributed by atoms with van der Waals surface area (Å²) in [6, 6.07) is 3.71. The Kier molecular flexibility index (Phi) is 5.37. The zero-order chi connectivity index (χ0) is 10.9. The first-order chi connectivity index (χ1) is 7.33. The van der Waals surface area contributed by atoms with Crippen molar-refractivity contribution in [3.8, 4) is 0 Å². The smallest absolute Gasteiger partial charge is 0.407 e. The summed E-state index contributed by atoms with van der Waals surface area (Å²) in [4.78, 5) is 11.1. The molecule has 0 aliphatic heterocycles. The van der Waals surface area contributed by atoms with Gasteiger partial charge in [0.25, 0.3) is 0 Å². The number of hydrogen-bond donors (Lipinski definition) is 1. The van der Waals surface area contributed by atoms with E-state index in [1.165, 1.54) is 0 Å². The second-order valence-corrected chi connectivity index (χ2v) is 3.25. The minimum absolute atomic E-state index is 0.352. The number of alkyl carbamates (subject to hydrolysis) is 1. The summed E-state index contributed by atoms with van der Waals surface area (Å²) in [5, 5.41) is 2.66. The molecular weight excluding hydrogens is 194 g/mol. The Morgan fingerprint density at radius 2 is 2.47 bits per heavy atom. The van der Waals surface area contributed by atoms with E-state index in [9.17, 15) is 4.79 Å². The quantitative estimate of drug-likeness (QED) is 0.735. The molecular formula is C11H17NO3. The van der Waals surface area contributed by atoms with E-state index in [0.717, 1.165) is 18.6 Å². The van der Waals surface area contributed by atoms with Gasteiger partial charge in [-0.1, -0.05) is 13.3 Å². The molecule has 0 unspecified atom stereocenters. The molecule has 1 N–H and O–H groups in total. The highest BCUT2D eigenvalue weighted by Crippen LogP contribution is 1.99. The van der Waals surface area contributed by atoms with Crippen molar-refractivity contribution < 1.29 is 13.9 Å². The average Bonchev–Trinajstić information content (AvgIpc) is 2.71. The molecule has 0 aliphatic carbocycles. The minimum atomic E-state index is -0.352. The second-order valence-electron chi connectivity index (χ2n) is 3.25. The lowest BCUT2D eigenvalue weighted by Gasteiger charge is -2.05. The van der Waals surface area contributed by atoms with Crippen LogP contribution in [0.4, 0.5) is 4.79 Å². The predicted octanol–water partition coefficient (Wildman–Crippen LogP) is 2.35. The van der Waals surface area contributed by atoms with Crippen LogP contribution in [0.5, 0.6) is 0 Å². The Labute approximate surface area is 89.6 Å². The van der Waals surface area contributed by atoms with Gasteiger partial charge in [-0.3, -0.25) is 0 Å². The van der Waals surface area contributed by atoms with Crippen LogP contribution in [0.3, 0.4) is 0 Å². The van der Waals surface area contributed by atoms with E-state index < -0.39 is 0 Å². The number of amides is 1. The van der Waals surface area contributed by atoms with E-state index in [4.69, 9.17) is 9.15 Å². The van der Waals surface area contributed by atoms with Crippen LogP contribution in [0.15, 0.2) is 22.8 Å². The number of hydrogen-bond acceptors (Lipinski definition) is 3. The van der Waals surface area contributed by atoms with Gasteiger partial charge in [0.2, 0.25) is 0 Å². The molecule has 1 aromatic heterocycles. The van der Waals surface area contributed by atoms with E-state index >= 15 is 0 Å². The molecule has 1 aromatic rings. The summed E-state index contributed by atoms with van der Waals surface area (Å²) in [6.45, 7) is 3.08. The molecule has 0 aromatic carbocycles. The van der Waals surface area contributed by atoms with Crippen LogP contribution in [0, 0.1) is 0 Å². The van der Waals surface area contributed by atoms with Crippen LogP contribution in [0.25, 0.3) is 0 Å². The molecule has 0 spiro atoms. The first-order valence-electron chi connectivity index (χ1n) is 5.26. The van der Waals surface area contributed by atoms with Crippen molar-refractivity contribution in [3.63, 3.8) is 0 Å². The van der Waals surface area contributed by atoms with E-state index in [1.807, 2.05) is 12.1 Å². The molecule has 1 amide bonds. The van der Waals surface area contributed by atoms with Crippen LogP contribution in [-0.4, -0.2) is 19.2 Å². The lowest BCUT2D eigenvalue weighted by molar-refractivity contribution is 0.144. The van der Waals surface area contributed by atoms with Gasteiger partial charge in [0.05, 0.1) is 12.9 Å². The van der Waals surface area contributed by atoms with E-state index in [2.05, 4.69) is 12.2 Å². The standard InChI is InChI=1S/C11H17NO3/c1-2-3-8-15-11(13)12-7-6-10-5-4-9-14-10/h4-5,9H,2-3,6-8H2,1H3,(H,12,13). The normalized spacial score (nSPS) is 9.93. The maximum absolute atomic E-state index is 11.1. The van der Waals surface area contributed by atoms with Gasteiger partial charge >= 0.3 is 6.09 Å². The molecule has 0 saturated carbocycles. The van der Waals surface area contributed by atoms with Crippen LogP contribution in [-0.2, 0) is 11.2 Å². The average molecular weight is 211 g/mol. The highest BCUT2D eigenvalue weighted by molar-refractivity contribution is 5.67. The largest absolute Gasteiger partial charge is 0.469 e. The first-order valence-corrected chi connectivity index (χ1v) is 5.26. The number of rotatable bonds is 6. The maximum atomic E-state index is 11.1. The van der Waals surface area contributed by atoms with Crippen molar-refractivity contribution in [3.05, 3.63) is 24.2 Å². The lowest BCUT2D eigenvalue weighted by atomic mass is 10.3. The summed E-state index contributed by atoms with van der Waals surface area (Å²) in [5.74, 6) is 0.865. The Morgan fingerprint density at radius 3 is 3.13 bits per heavy atom. The zero-order valence-corrected chi connectivity index (χ0v) is 8.99. The monoisotopic (exact) mass is 211 g/mol. The molecule has 4 nitrogen and oxygen atoms in total. The predicted molar refractivity (Wildman–Crippen MR) is 56.7 cm³/mol. The number of unbranched alkanes of at least 4 members (excludes halogenated alkanes) is 1. The fourth-order valence-electron chi connectivity index (χ4n) is 1.10. The summed E-state index contributed by atoms with van der Waals surface area (Å²) >= 11 is 0. The van der Waals surface area contributed by atoms with Gasteiger partial charge in [0.15, 0.2) is 0 Å². The SMILES string of the molecule is CCCCOC(=O)NCCc1ccco1. The summed E-state index contributed by atoms with van der Waals surface area (Å²) in [7, 11) is 0. The van der Waals surface area contributed by atoms with Gasteiger partial charge in [0, 0.05) is 13.0 Å². The van der Waals surface area contributed by atoms with Crippen molar-refractivity contribution in [1.29, 1.82) is 0 Å². The van der Waals surface area contributed by atoms with Crippen molar-refractivity contribution in [2.24, 2.45) is 0 Å². The van der Waals surface area contributed by atoms with Crippen molar-refractivity contribution in [2.45, 2.75) is 26.2 Å². The first kappa shape index (κ1) is 11.6. The fourth-order valence-corrected chi connectivity index (χ4v) is 1.10. The van der Waals surface area contributed by atoms with Crippen molar-refractivity contribution in [2.75, 3.05) is 13.2 Å². The van der Waals surface area contributed by atoms with Gasteiger partial charge in [0.1, 0.15) is 5.76 Å². The Bertz CT molecular complexity index is 269. The molecule has 15 heavy (non-hydrogen) atoms. The minimum Gasteiger partial charge on any atom is -0.469 e. The van der Waals surface area contributed by atoms with Crippen LogP contribution >= 0.6 is 0 Å². The topological polar surface area (TPSA) is 51.5 Å². The van der Waals surface area contributed by atoms with Gasteiger partial charge in [-0.05, 0) is 18.6 Å². The van der Waals surface area contributed by atoms with Gasteiger partial charge in [-0.25, -0.2) is 4.79 Å². The molecule has 4 heteroatoms. The maximum Gasteiger partial charge on any atom is 0.407 e. The highest BCUT2D eigenvalue weighted by Gasteiger charge is 2.01. The zero-order valence-electron chi connectivity index (χ0n) is 8.99. The van der Waals surface area contributed by atoms with E-state index in [1.54, 1.807) is 6.26 Å². The molecule has 0 aliphatic rings. The third-order valence-corrected chi connectivity index (χ3v) is 1.95. The molecule has 1 rings (SSSR count). The van der Waals surface area contributed by atoms with Gasteiger partial charge in [-0.15, -0.1) is 0 Å². The Hall–Kier alpha value is -1.45. The number of ether oxygens (including phenoxy) is 1. The molecule has 0 bridgehead atoms. The summed E-state index contributed by atoms with van der Waals surface area (Å²) in [5.41, 5.74) is 0. The fraction of sp³-hybridized carbons (Fsp3) is 0.545. The van der Waals surface area contributed by atoms with E-state index in [-0.39, 0.29) is 6.09 Å². The van der Waals surface area contributed by atoms with Crippen LogP contribution in [0.1, 0.15) is 25.5 Å². The molecule has 84 valence electrons. The van der Waals surface area contributed by atoms with Gasteiger partial charge in [-0.2, -0.15) is 0 Å². The molecule has 0 fully saturated rings. The summed E-state index contributed by atoms with van der Waals surface area (Å²) in [6.07, 6.45) is 3.89. The molecule has 1 heterocycles. The molecule has 0 radical (unpaired) electrons. The second kappa shape index (κ2) is 6.92. The molecule has 0 saturated heterocycles. The third kappa shape index (κ3) is 5.10. The van der Waals surface area contributed by atoms with Gasteiger partial charge < -0.3 is 14.5 Å². The highest BCUT2D eigenvalue weighted by atomic mass is 16.5. The van der Waals surface area contributed by atoms with Crippen LogP contribution < -0.4 is 5.32 Å². The molecule has 0 atom stereocenters. The van der Waals surface area contributed by atoms with Crippen molar-refractivity contribution in [1.82, 2.24) is 5.32 Å². The van der Waals surface area contributed by atoms with E-state index in [0.29, 0.717) is 19.6 Å². The third-order valence-electron chi connectivity index (χ3n) is 1.95. The summed E-state index contributed by atoms with van der Waals surface area (Å²) < 4.78 is 10.0. The van der Waals surface area contributed by atoms with Crippen LogP contribution in [0.2, 0.25) is 0 Å². The number of carbonyl (C=O) groups is 1. The Morgan fingerprint density at radius 1 is 1.60 bits per heavy atom. The number of furan rings is 1. The lowest BCUT2D eigenvalue weighted by Crippen LogP contribution is -2.26. The number of nitrogens with one attached hydrogen (secondary N) is 1. The number of carbonyl (C=O) groups excluding carboxylic acids is 1. The van der Waals surface area contributed by atoms with Crippen molar-refractivity contribution >= 4 is 6.09 Å². The Balaban J connectivity index is 2.02.